The van der Waals surface area contributed by atoms with Gasteiger partial charge in [-0.1, -0.05) is 29.6 Å². The molecular weight excluding hydrogens is 304 g/mol. The Hall–Kier alpha value is -1.17. The second-order valence-electron chi connectivity index (χ2n) is 4.91. The molecule has 7 heteroatoms. The van der Waals surface area contributed by atoms with Gasteiger partial charge < -0.3 is 10.3 Å². The third-order valence-electron chi connectivity index (χ3n) is 3.53. The van der Waals surface area contributed by atoms with Crippen LogP contribution in [0.25, 0.3) is 11.5 Å². The van der Waals surface area contributed by atoms with E-state index in [1.54, 1.807) is 0 Å². The van der Waals surface area contributed by atoms with E-state index in [4.69, 9.17) is 21.9 Å². The van der Waals surface area contributed by atoms with Gasteiger partial charge in [0.2, 0.25) is 0 Å². The Morgan fingerprint density at radius 2 is 2.00 bits per heavy atom. The Balaban J connectivity index is 0.00000147. The molecule has 0 radical (unpaired) electrons. The Kier molecular flexibility index (Phi) is 4.32. The minimum Gasteiger partial charge on any atom is -0.334 e. The predicted octanol–water partition coefficient (Wildman–Crippen LogP) is 3.68. The lowest BCUT2D eigenvalue weighted by molar-refractivity contribution is 0.372. The van der Waals surface area contributed by atoms with Crippen LogP contribution in [0.1, 0.15) is 31.5 Å². The molecule has 1 heterocycles. The van der Waals surface area contributed by atoms with Crippen molar-refractivity contribution < 1.29 is 8.91 Å². The smallest absolute Gasteiger partial charge is 0.259 e. The maximum atomic E-state index is 13.0. The van der Waals surface area contributed by atoms with Gasteiger partial charge >= 0.3 is 0 Å². The normalized spacial score (nSPS) is 16.9. The van der Waals surface area contributed by atoms with Crippen LogP contribution in [0.5, 0.6) is 0 Å². The van der Waals surface area contributed by atoms with E-state index in [1.807, 2.05) is 0 Å². The Morgan fingerprint density at radius 1 is 1.30 bits per heavy atom. The van der Waals surface area contributed by atoms with Crippen molar-refractivity contribution in [2.24, 2.45) is 5.73 Å². The number of benzene rings is 1. The molecule has 0 amide bonds. The van der Waals surface area contributed by atoms with Gasteiger partial charge in [0.25, 0.3) is 5.89 Å². The molecule has 0 spiro atoms. The third kappa shape index (κ3) is 2.66. The maximum Gasteiger partial charge on any atom is 0.259 e. The summed E-state index contributed by atoms with van der Waals surface area (Å²) in [7, 11) is 0. The zero-order valence-electron chi connectivity index (χ0n) is 10.6. The highest BCUT2D eigenvalue weighted by molar-refractivity contribution is 6.33. The molecule has 0 aliphatic heterocycles. The molecule has 2 aromatic rings. The first-order chi connectivity index (χ1) is 9.08. The van der Waals surface area contributed by atoms with E-state index in [0.717, 1.165) is 25.7 Å². The highest BCUT2D eigenvalue weighted by Crippen LogP contribution is 2.36. The van der Waals surface area contributed by atoms with Crippen molar-refractivity contribution in [3.05, 3.63) is 34.9 Å². The lowest BCUT2D eigenvalue weighted by atomic mass is 9.99. The second-order valence-corrected chi connectivity index (χ2v) is 5.32. The SMILES string of the molecule is Cl.NC1(c2noc(-c3ccc(F)cc3Cl)n2)CCCC1. The Labute approximate surface area is 126 Å². The minimum atomic E-state index is -0.506. The van der Waals surface area contributed by atoms with Crippen LogP contribution in [0, 0.1) is 5.82 Å². The van der Waals surface area contributed by atoms with Crippen molar-refractivity contribution in [3.63, 3.8) is 0 Å². The zero-order chi connectivity index (χ0) is 13.5. The molecule has 1 aliphatic carbocycles. The van der Waals surface area contributed by atoms with E-state index in [9.17, 15) is 4.39 Å². The topological polar surface area (TPSA) is 64.9 Å². The average molecular weight is 318 g/mol. The van der Waals surface area contributed by atoms with E-state index in [2.05, 4.69) is 10.1 Å². The summed E-state index contributed by atoms with van der Waals surface area (Å²) in [4.78, 5) is 4.32. The number of hydrogen-bond acceptors (Lipinski definition) is 4. The van der Waals surface area contributed by atoms with E-state index in [0.29, 0.717) is 11.4 Å². The number of halogens is 3. The van der Waals surface area contributed by atoms with E-state index in [-0.39, 0.29) is 23.3 Å². The molecule has 0 atom stereocenters. The lowest BCUT2D eigenvalue weighted by Crippen LogP contribution is -2.34. The molecule has 0 saturated heterocycles. The van der Waals surface area contributed by atoms with Crippen LogP contribution >= 0.6 is 24.0 Å². The van der Waals surface area contributed by atoms with Crippen LogP contribution < -0.4 is 5.73 Å². The summed E-state index contributed by atoms with van der Waals surface area (Å²) in [5, 5.41) is 4.19. The fourth-order valence-electron chi connectivity index (χ4n) is 2.43. The highest BCUT2D eigenvalue weighted by Gasteiger charge is 2.36. The molecule has 0 bridgehead atoms. The zero-order valence-corrected chi connectivity index (χ0v) is 12.2. The van der Waals surface area contributed by atoms with Crippen LogP contribution in [0.15, 0.2) is 22.7 Å². The molecule has 1 saturated carbocycles. The van der Waals surface area contributed by atoms with Crippen LogP contribution in [0.2, 0.25) is 5.02 Å². The number of nitrogens with zero attached hydrogens (tertiary/aromatic N) is 2. The molecule has 0 unspecified atom stereocenters. The van der Waals surface area contributed by atoms with Gasteiger partial charge in [0, 0.05) is 0 Å². The molecule has 3 rings (SSSR count). The van der Waals surface area contributed by atoms with Crippen LogP contribution in [-0.2, 0) is 5.54 Å². The second kappa shape index (κ2) is 5.68. The van der Waals surface area contributed by atoms with Crippen molar-refractivity contribution in [2.45, 2.75) is 31.2 Å². The van der Waals surface area contributed by atoms with Crippen molar-refractivity contribution in [1.29, 1.82) is 0 Å². The molecule has 4 nitrogen and oxygen atoms in total. The summed E-state index contributed by atoms with van der Waals surface area (Å²) in [5.74, 6) is 0.372. The fourth-order valence-corrected chi connectivity index (χ4v) is 2.68. The molecule has 2 N–H and O–H groups in total. The third-order valence-corrected chi connectivity index (χ3v) is 3.84. The Morgan fingerprint density at radius 3 is 2.65 bits per heavy atom. The fraction of sp³-hybridized carbons (Fsp3) is 0.385. The van der Waals surface area contributed by atoms with Crippen LogP contribution in [0.4, 0.5) is 4.39 Å². The van der Waals surface area contributed by atoms with Crippen LogP contribution in [0.3, 0.4) is 0 Å². The maximum absolute atomic E-state index is 13.0. The van der Waals surface area contributed by atoms with Gasteiger partial charge in [0.05, 0.1) is 16.1 Å². The van der Waals surface area contributed by atoms with E-state index < -0.39 is 11.4 Å². The summed E-state index contributed by atoms with van der Waals surface area (Å²) >= 11 is 5.97. The van der Waals surface area contributed by atoms with Crippen molar-refractivity contribution in [3.8, 4) is 11.5 Å². The quantitative estimate of drug-likeness (QED) is 0.917. The van der Waals surface area contributed by atoms with Gasteiger partial charge in [-0.05, 0) is 31.0 Å². The van der Waals surface area contributed by atoms with Crippen molar-refractivity contribution in [2.75, 3.05) is 0 Å². The largest absolute Gasteiger partial charge is 0.334 e. The monoisotopic (exact) mass is 317 g/mol. The Bertz CT molecular complexity index is 611. The summed E-state index contributed by atoms with van der Waals surface area (Å²) in [6.07, 6.45) is 3.83. The number of rotatable bonds is 2. The predicted molar refractivity (Wildman–Crippen MR) is 76.3 cm³/mol. The summed E-state index contributed by atoms with van der Waals surface area (Å²) in [5.41, 5.74) is 6.27. The lowest BCUT2D eigenvalue weighted by Gasteiger charge is -2.17. The average Bonchev–Trinajstić information content (AvgIpc) is 2.99. The minimum absolute atomic E-state index is 0. The summed E-state index contributed by atoms with van der Waals surface area (Å²) in [6.45, 7) is 0. The van der Waals surface area contributed by atoms with Gasteiger partial charge in [0.1, 0.15) is 5.82 Å². The van der Waals surface area contributed by atoms with Gasteiger partial charge in [-0.3, -0.25) is 0 Å². The van der Waals surface area contributed by atoms with E-state index in [1.165, 1.54) is 18.2 Å². The first kappa shape index (κ1) is 15.2. The summed E-state index contributed by atoms with van der Waals surface area (Å²) < 4.78 is 18.2. The first-order valence-corrected chi connectivity index (χ1v) is 6.55. The number of nitrogens with two attached hydrogens (primary N) is 1. The first-order valence-electron chi connectivity index (χ1n) is 6.17. The molecule has 1 aromatic heterocycles. The van der Waals surface area contributed by atoms with Crippen molar-refractivity contribution >= 4 is 24.0 Å². The number of aromatic nitrogens is 2. The standard InChI is InChI=1S/C13H13ClFN3O.ClH/c14-10-7-8(15)3-4-9(10)11-17-12(18-19-11)13(16)5-1-2-6-13;/h3-4,7H,1-2,5-6,16H2;1H. The summed E-state index contributed by atoms with van der Waals surface area (Å²) in [6, 6.07) is 4.04. The number of hydrogen-bond donors (Lipinski definition) is 1. The van der Waals surface area contributed by atoms with Gasteiger partial charge in [0.15, 0.2) is 5.82 Å². The van der Waals surface area contributed by atoms with E-state index >= 15 is 0 Å². The van der Waals surface area contributed by atoms with Crippen molar-refractivity contribution in [1.82, 2.24) is 10.1 Å². The molecule has 1 fully saturated rings. The molecule has 108 valence electrons. The van der Waals surface area contributed by atoms with Gasteiger partial charge in [-0.25, -0.2) is 4.39 Å². The molecule has 1 aliphatic rings. The molecule has 1 aromatic carbocycles. The molecule has 20 heavy (non-hydrogen) atoms. The van der Waals surface area contributed by atoms with Gasteiger partial charge in [-0.15, -0.1) is 12.4 Å². The van der Waals surface area contributed by atoms with Crippen LogP contribution in [-0.4, -0.2) is 10.1 Å². The highest BCUT2D eigenvalue weighted by atomic mass is 35.5. The van der Waals surface area contributed by atoms with Gasteiger partial charge in [-0.2, -0.15) is 4.98 Å². The molecular formula is C13H14Cl2FN3O.